The molecule has 1 saturated heterocycles. The lowest BCUT2D eigenvalue weighted by Gasteiger charge is -2.39. The van der Waals surface area contributed by atoms with E-state index in [9.17, 15) is 25.2 Å². The van der Waals surface area contributed by atoms with Crippen LogP contribution < -0.4 is 0 Å². The summed E-state index contributed by atoms with van der Waals surface area (Å²) in [5.41, 5.74) is 3.30. The first-order valence-corrected chi connectivity index (χ1v) is 9.21. The van der Waals surface area contributed by atoms with Gasteiger partial charge in [0.1, 0.15) is 24.4 Å². The zero-order valence-electron chi connectivity index (χ0n) is 15.6. The van der Waals surface area contributed by atoms with Gasteiger partial charge in [0, 0.05) is 0 Å². The van der Waals surface area contributed by atoms with Crippen LogP contribution in [0.4, 0.5) is 0 Å². The fourth-order valence-electron chi connectivity index (χ4n) is 3.21. The van der Waals surface area contributed by atoms with Gasteiger partial charge < -0.3 is 35.0 Å². The van der Waals surface area contributed by atoms with E-state index in [1.54, 1.807) is 6.07 Å². The molecule has 0 bridgehead atoms. The molecule has 0 spiro atoms. The maximum absolute atomic E-state index is 10.9. The predicted octanol–water partition coefficient (Wildman–Crippen LogP) is 0.297. The van der Waals surface area contributed by atoms with Crippen molar-refractivity contribution in [1.82, 2.24) is 0 Å². The van der Waals surface area contributed by atoms with E-state index in [1.807, 2.05) is 42.5 Å². The number of aliphatic hydroxyl groups excluding tert-OH is 4. The minimum Gasteiger partial charge on any atom is -0.481 e. The Morgan fingerprint density at radius 1 is 0.931 bits per heavy atom. The highest BCUT2D eigenvalue weighted by Gasteiger charge is 2.43. The molecule has 1 fully saturated rings. The Labute approximate surface area is 167 Å². The number of aliphatic carboxylic acids is 1. The highest BCUT2D eigenvalue weighted by Crippen LogP contribution is 2.24. The average molecular weight is 404 g/mol. The first-order chi connectivity index (χ1) is 13.9. The van der Waals surface area contributed by atoms with Crippen molar-refractivity contribution in [2.75, 3.05) is 6.61 Å². The van der Waals surface area contributed by atoms with Crippen LogP contribution in [0, 0.1) is 0 Å². The van der Waals surface area contributed by atoms with Crippen LogP contribution in [0.3, 0.4) is 0 Å². The van der Waals surface area contributed by atoms with Crippen molar-refractivity contribution in [2.24, 2.45) is 0 Å². The third kappa shape index (κ3) is 5.18. The summed E-state index contributed by atoms with van der Waals surface area (Å²) < 4.78 is 10.8. The molecule has 5 atom stereocenters. The van der Waals surface area contributed by atoms with Crippen molar-refractivity contribution < 1.29 is 39.8 Å². The number of hydrogen-bond acceptors (Lipinski definition) is 7. The summed E-state index contributed by atoms with van der Waals surface area (Å²) >= 11 is 0. The molecule has 0 aromatic heterocycles. The van der Waals surface area contributed by atoms with E-state index >= 15 is 0 Å². The second-order valence-corrected chi connectivity index (χ2v) is 6.98. The smallest absolute Gasteiger partial charge is 0.307 e. The van der Waals surface area contributed by atoms with E-state index < -0.39 is 43.3 Å². The third-order valence-electron chi connectivity index (χ3n) is 4.83. The quantitative estimate of drug-likeness (QED) is 0.444. The lowest BCUT2D eigenvalue weighted by Crippen LogP contribution is -2.59. The summed E-state index contributed by atoms with van der Waals surface area (Å²) in [5, 5.41) is 47.7. The Hall–Kier alpha value is -2.33. The molecule has 1 aliphatic rings. The van der Waals surface area contributed by atoms with Gasteiger partial charge in [-0.25, -0.2) is 0 Å². The molecule has 0 aliphatic carbocycles. The number of rotatable bonds is 7. The second kappa shape index (κ2) is 9.45. The van der Waals surface area contributed by atoms with Crippen LogP contribution in [0.2, 0.25) is 0 Å². The van der Waals surface area contributed by atoms with Crippen LogP contribution in [-0.2, 0) is 27.3 Å². The number of ether oxygens (including phenoxy) is 2. The summed E-state index contributed by atoms with van der Waals surface area (Å²) in [6.45, 7) is -0.428. The van der Waals surface area contributed by atoms with Gasteiger partial charge in [-0.2, -0.15) is 0 Å². The Morgan fingerprint density at radius 2 is 1.66 bits per heavy atom. The van der Waals surface area contributed by atoms with Gasteiger partial charge in [-0.05, 0) is 22.3 Å². The molecule has 0 unspecified atom stereocenters. The average Bonchev–Trinajstić information content (AvgIpc) is 2.72. The van der Waals surface area contributed by atoms with Crippen molar-refractivity contribution in [3.8, 4) is 11.1 Å². The topological polar surface area (TPSA) is 137 Å². The maximum Gasteiger partial charge on any atom is 0.307 e. The largest absolute Gasteiger partial charge is 0.481 e. The number of hydrogen-bond donors (Lipinski definition) is 5. The van der Waals surface area contributed by atoms with Gasteiger partial charge in [0.25, 0.3) is 0 Å². The lowest BCUT2D eigenvalue weighted by atomic mass is 9.99. The molecule has 156 valence electrons. The molecule has 0 amide bonds. The summed E-state index contributed by atoms with van der Waals surface area (Å²) in [5.74, 6) is -0.886. The molecule has 8 heteroatoms. The Kier molecular flexibility index (Phi) is 6.96. The van der Waals surface area contributed by atoms with Gasteiger partial charge in [-0.1, -0.05) is 48.5 Å². The molecule has 2 aromatic rings. The molecule has 1 aliphatic heterocycles. The molecule has 1 heterocycles. The molecule has 3 rings (SSSR count). The van der Waals surface area contributed by atoms with Crippen molar-refractivity contribution in [3.63, 3.8) is 0 Å². The van der Waals surface area contributed by atoms with Crippen LogP contribution in [0.15, 0.2) is 48.5 Å². The molecular formula is C21H24O8. The molecule has 5 N–H and O–H groups in total. The van der Waals surface area contributed by atoms with E-state index in [1.165, 1.54) is 0 Å². The Morgan fingerprint density at radius 3 is 2.31 bits per heavy atom. The SMILES string of the molecule is O=C(O)Cc1cccc(-c2ccc(CO[C@H]3O[C@H](CO)[C@@H](O)[C@@H](O)[C@@H]3O)cc2)c1. The number of carbonyl (C=O) groups is 1. The summed E-state index contributed by atoms with van der Waals surface area (Å²) in [6, 6.07) is 14.7. The van der Waals surface area contributed by atoms with E-state index in [0.29, 0.717) is 5.56 Å². The highest BCUT2D eigenvalue weighted by molar-refractivity contribution is 5.72. The number of benzene rings is 2. The van der Waals surface area contributed by atoms with Gasteiger partial charge >= 0.3 is 5.97 Å². The highest BCUT2D eigenvalue weighted by atomic mass is 16.7. The minimum atomic E-state index is -1.48. The van der Waals surface area contributed by atoms with Crippen LogP contribution in [0.5, 0.6) is 0 Å². The number of carboxylic acids is 1. The van der Waals surface area contributed by atoms with Gasteiger partial charge in [0.05, 0.1) is 19.6 Å². The van der Waals surface area contributed by atoms with Crippen molar-refractivity contribution in [3.05, 3.63) is 59.7 Å². The third-order valence-corrected chi connectivity index (χ3v) is 4.83. The minimum absolute atomic E-state index is 0.0428. The normalized spacial score (nSPS) is 27.0. The monoisotopic (exact) mass is 404 g/mol. The van der Waals surface area contributed by atoms with Gasteiger partial charge in [-0.3, -0.25) is 4.79 Å². The first kappa shape index (κ1) is 21.4. The second-order valence-electron chi connectivity index (χ2n) is 6.98. The fraction of sp³-hybridized carbons (Fsp3) is 0.381. The molecule has 8 nitrogen and oxygen atoms in total. The van der Waals surface area contributed by atoms with Gasteiger partial charge in [-0.15, -0.1) is 0 Å². The number of carboxylic acid groups (broad SMARTS) is 1. The standard InChI is InChI=1S/C21H24O8/c22-10-16-18(25)19(26)20(27)21(29-16)28-11-12-4-6-14(7-5-12)15-3-1-2-13(8-15)9-17(23)24/h1-8,16,18-22,25-27H,9-11H2,(H,23,24)/t16-,18-,19-,20+,21+/m1/s1. The maximum atomic E-state index is 10.9. The molecule has 0 radical (unpaired) electrons. The molecular weight excluding hydrogens is 380 g/mol. The zero-order chi connectivity index (χ0) is 21.0. The van der Waals surface area contributed by atoms with Crippen molar-refractivity contribution in [2.45, 2.75) is 43.7 Å². The van der Waals surface area contributed by atoms with Crippen molar-refractivity contribution >= 4 is 5.97 Å². The van der Waals surface area contributed by atoms with Crippen LogP contribution >= 0.6 is 0 Å². The van der Waals surface area contributed by atoms with E-state index in [2.05, 4.69) is 0 Å². The summed E-state index contributed by atoms with van der Waals surface area (Å²) in [6.07, 6.45) is -6.59. The van der Waals surface area contributed by atoms with Gasteiger partial charge in [0.15, 0.2) is 6.29 Å². The zero-order valence-corrected chi connectivity index (χ0v) is 15.6. The predicted molar refractivity (Wildman–Crippen MR) is 102 cm³/mol. The number of aliphatic hydroxyl groups is 4. The Balaban J connectivity index is 1.63. The van der Waals surface area contributed by atoms with Gasteiger partial charge in [0.2, 0.25) is 0 Å². The molecule has 29 heavy (non-hydrogen) atoms. The molecule has 2 aromatic carbocycles. The van der Waals surface area contributed by atoms with Crippen LogP contribution in [0.1, 0.15) is 11.1 Å². The summed E-state index contributed by atoms with van der Waals surface area (Å²) in [4.78, 5) is 10.9. The lowest BCUT2D eigenvalue weighted by molar-refractivity contribution is -0.304. The van der Waals surface area contributed by atoms with Crippen LogP contribution in [0.25, 0.3) is 11.1 Å². The fourth-order valence-corrected chi connectivity index (χ4v) is 3.21. The van der Waals surface area contributed by atoms with Crippen LogP contribution in [-0.4, -0.2) is 68.8 Å². The van der Waals surface area contributed by atoms with E-state index in [-0.39, 0.29) is 13.0 Å². The molecule has 0 saturated carbocycles. The van der Waals surface area contributed by atoms with E-state index in [4.69, 9.17) is 14.6 Å². The van der Waals surface area contributed by atoms with E-state index in [0.717, 1.165) is 16.7 Å². The Bertz CT molecular complexity index is 820. The van der Waals surface area contributed by atoms with Crippen molar-refractivity contribution in [1.29, 1.82) is 0 Å². The summed E-state index contributed by atoms with van der Waals surface area (Å²) in [7, 11) is 0. The first-order valence-electron chi connectivity index (χ1n) is 9.21.